The molecule has 0 bridgehead atoms. The molecule has 0 aromatic rings. The van der Waals surface area contributed by atoms with Gasteiger partial charge in [0.25, 0.3) is 16.4 Å². The van der Waals surface area contributed by atoms with Gasteiger partial charge in [-0.2, -0.15) is 0 Å². The third-order valence-electron chi connectivity index (χ3n) is 0. The Morgan fingerprint density at radius 3 is 2.00 bits per heavy atom. The molecule has 0 atom stereocenters. The number of carboxylic acid groups (broad SMARTS) is 1. The van der Waals surface area contributed by atoms with Crippen molar-refractivity contribution in [1.29, 1.82) is 5.39 Å². The highest BCUT2D eigenvalue weighted by Crippen LogP contribution is 1.42. The second-order valence-electron chi connectivity index (χ2n) is 0.634. The summed E-state index contributed by atoms with van der Waals surface area (Å²) in [7, 11) is 0. The summed E-state index contributed by atoms with van der Waals surface area (Å²) in [5, 5.41) is 16.4. The van der Waals surface area contributed by atoms with Gasteiger partial charge in [0.1, 0.15) is 0 Å². The molecular weight excluding hydrogens is 98.0 g/mol. The van der Waals surface area contributed by atoms with Gasteiger partial charge in [-0.25, -0.2) is 0 Å². The third-order valence-corrected chi connectivity index (χ3v) is 0. The Morgan fingerprint density at radius 2 is 2.00 bits per heavy atom. The molecule has 0 aromatic carbocycles. The lowest BCUT2D eigenvalue weighted by Crippen LogP contribution is -1.78. The maximum Gasteiger partial charge on any atom is 0.300 e. The molecule has 0 aliphatic carbocycles. The quantitative estimate of drug-likeness (QED) is 0.253. The Labute approximate surface area is 40.3 Å². The van der Waals surface area contributed by atoms with Crippen molar-refractivity contribution in [1.82, 2.24) is 0 Å². The molecule has 0 rings (SSSR count). The highest BCUT2D eigenvalue weighted by Gasteiger charge is 1.65. The highest BCUT2D eigenvalue weighted by atomic mass is 16.4. The Morgan fingerprint density at radius 1 is 2.00 bits per heavy atom. The van der Waals surface area contributed by atoms with E-state index in [9.17, 15) is 0 Å². The van der Waals surface area contributed by atoms with Gasteiger partial charge >= 0.3 is 0 Å². The lowest BCUT2D eigenvalue weighted by atomic mass is 10.9. The van der Waals surface area contributed by atoms with Crippen LogP contribution in [0.4, 0.5) is 0 Å². The van der Waals surface area contributed by atoms with Crippen LogP contribution < -0.4 is 5.84 Å². The van der Waals surface area contributed by atoms with Crippen molar-refractivity contribution in [2.75, 3.05) is 0 Å². The van der Waals surface area contributed by atoms with Crippen LogP contribution in [0, 0.1) is 5.39 Å². The van der Waals surface area contributed by atoms with Crippen molar-refractivity contribution in [2.24, 2.45) is 5.84 Å². The van der Waals surface area contributed by atoms with E-state index < -0.39 is 5.97 Å². The van der Waals surface area contributed by atoms with Crippen LogP contribution in [-0.2, 0) is 4.79 Å². The molecule has 0 saturated carbocycles. The Hall–Kier alpha value is -1.31. The zero-order chi connectivity index (χ0) is 6.28. The van der Waals surface area contributed by atoms with E-state index in [0.29, 0.717) is 0 Å². The summed E-state index contributed by atoms with van der Waals surface area (Å²) in [6.45, 7) is 1.08. The number of rotatable bonds is 0. The second kappa shape index (κ2) is 8.83. The molecule has 7 heavy (non-hydrogen) atoms. The topological polar surface area (TPSA) is 91.5 Å². The number of hydrogen-bond donors (Lipinski definition) is 2. The standard InChI is InChI=1S/C2H4O2.H2N3/c1-2(3)4;1-3-2/h1H3,(H,3,4);1H2/q;+1. The molecule has 0 unspecified atom stereocenters. The molecule has 0 saturated heterocycles. The number of hydrogen-bond acceptors (Lipinski definition) is 3. The predicted octanol–water partition coefficient (Wildman–Crippen LogP) is -0.196. The lowest BCUT2D eigenvalue weighted by molar-refractivity contribution is -0.134. The Kier molecular flexibility index (Phi) is 11.6. The summed E-state index contributed by atoms with van der Waals surface area (Å²) >= 11 is 0. The first-order valence-corrected chi connectivity index (χ1v) is 1.39. The van der Waals surface area contributed by atoms with Crippen LogP contribution in [0.3, 0.4) is 0 Å². The van der Waals surface area contributed by atoms with Gasteiger partial charge in [0, 0.05) is 6.92 Å². The first kappa shape index (κ1) is 9.19. The minimum absolute atomic E-state index is 0.833. The summed E-state index contributed by atoms with van der Waals surface area (Å²) in [5.41, 5.74) is 0. The summed E-state index contributed by atoms with van der Waals surface area (Å²) in [5.74, 6) is 3.19. The average Bonchev–Trinajstić information content (AvgIpc) is 1.33. The lowest BCUT2D eigenvalue weighted by Gasteiger charge is -1.59. The monoisotopic (exact) mass is 104 g/mol. The number of carboxylic acids is 1. The fraction of sp³-hybridized carbons (Fsp3) is 0.500. The van der Waals surface area contributed by atoms with Crippen LogP contribution in [0.2, 0.25) is 0 Å². The van der Waals surface area contributed by atoms with E-state index >= 15 is 0 Å². The molecule has 0 aliphatic rings. The SMILES string of the molecule is CC(=O)O.N#[N+]N. The van der Waals surface area contributed by atoms with Crippen molar-refractivity contribution < 1.29 is 9.90 Å². The Bertz CT molecular complexity index is 79.4. The summed E-state index contributed by atoms with van der Waals surface area (Å²) in [6.07, 6.45) is 0. The molecule has 0 amide bonds. The molecule has 0 aromatic heterocycles. The molecule has 0 spiro atoms. The maximum absolute atomic E-state index is 9.00. The van der Waals surface area contributed by atoms with E-state index in [4.69, 9.17) is 15.3 Å². The zero-order valence-electron chi connectivity index (χ0n) is 3.83. The van der Waals surface area contributed by atoms with Crippen LogP contribution in [0.25, 0.3) is 5.08 Å². The van der Waals surface area contributed by atoms with Crippen molar-refractivity contribution in [3.05, 3.63) is 5.08 Å². The Balaban J connectivity index is 0. The first-order chi connectivity index (χ1) is 3.15. The summed E-state index contributed by atoms with van der Waals surface area (Å²) < 4.78 is 0. The van der Waals surface area contributed by atoms with Crippen molar-refractivity contribution in [3.8, 4) is 0 Å². The maximum atomic E-state index is 9.00. The van der Waals surface area contributed by atoms with Gasteiger partial charge in [0.15, 0.2) is 0 Å². The first-order valence-electron chi connectivity index (χ1n) is 1.39. The van der Waals surface area contributed by atoms with Crippen molar-refractivity contribution in [2.45, 2.75) is 6.92 Å². The molecule has 5 nitrogen and oxygen atoms in total. The van der Waals surface area contributed by atoms with Gasteiger partial charge in [-0.05, 0) is 0 Å². The minimum Gasteiger partial charge on any atom is -0.481 e. The van der Waals surface area contributed by atoms with Gasteiger partial charge < -0.3 is 5.11 Å². The van der Waals surface area contributed by atoms with E-state index in [1.54, 1.807) is 0 Å². The van der Waals surface area contributed by atoms with E-state index in [1.807, 2.05) is 5.08 Å². The smallest absolute Gasteiger partial charge is 0.300 e. The molecule has 0 aliphatic heterocycles. The predicted molar refractivity (Wildman–Crippen MR) is 22.6 cm³/mol. The minimum atomic E-state index is -0.833. The van der Waals surface area contributed by atoms with Crippen LogP contribution in [0.1, 0.15) is 6.92 Å². The summed E-state index contributed by atoms with van der Waals surface area (Å²) in [4.78, 5) is 9.00. The molecular formula is C2H6N3O2+. The van der Waals surface area contributed by atoms with Gasteiger partial charge in [0.2, 0.25) is 0 Å². The number of aliphatic carboxylic acids is 1. The van der Waals surface area contributed by atoms with Gasteiger partial charge in [0.05, 0.1) is 0 Å². The van der Waals surface area contributed by atoms with Crippen molar-refractivity contribution in [3.63, 3.8) is 0 Å². The second-order valence-corrected chi connectivity index (χ2v) is 0.634. The van der Waals surface area contributed by atoms with Crippen LogP contribution in [0.5, 0.6) is 0 Å². The van der Waals surface area contributed by atoms with Crippen molar-refractivity contribution >= 4 is 5.97 Å². The van der Waals surface area contributed by atoms with E-state index in [2.05, 4.69) is 5.84 Å². The molecule has 0 fully saturated rings. The van der Waals surface area contributed by atoms with Gasteiger partial charge in [-0.1, -0.05) is 5.84 Å². The molecule has 0 heterocycles. The molecule has 5 heteroatoms. The largest absolute Gasteiger partial charge is 0.481 e. The summed E-state index contributed by atoms with van der Waals surface area (Å²) in [6, 6.07) is 0. The third kappa shape index (κ3) is 19.8. The van der Waals surface area contributed by atoms with Gasteiger partial charge in [-0.3, -0.25) is 4.79 Å². The fourth-order valence-corrected chi connectivity index (χ4v) is 0. The number of nitrogens with two attached hydrogens (primary N) is 1. The number of diazo groups is 1. The van der Waals surface area contributed by atoms with E-state index in [-0.39, 0.29) is 0 Å². The average molecular weight is 104 g/mol. The highest BCUT2D eigenvalue weighted by molar-refractivity contribution is 5.62. The number of nitrogens with zero attached hydrogens (tertiary/aromatic N) is 2. The molecule has 0 radical (unpaired) electrons. The molecule has 40 valence electrons. The van der Waals surface area contributed by atoms with E-state index in [1.165, 1.54) is 0 Å². The van der Waals surface area contributed by atoms with Gasteiger partial charge in [-0.15, -0.1) is 0 Å². The zero-order valence-corrected chi connectivity index (χ0v) is 3.83. The molecule has 3 N–H and O–H groups in total. The van der Waals surface area contributed by atoms with E-state index in [0.717, 1.165) is 6.92 Å². The van der Waals surface area contributed by atoms with Crippen LogP contribution in [-0.4, -0.2) is 11.1 Å². The van der Waals surface area contributed by atoms with Crippen LogP contribution >= 0.6 is 0 Å². The fourth-order valence-electron chi connectivity index (χ4n) is 0. The number of carbonyl (C=O) groups is 1. The van der Waals surface area contributed by atoms with Crippen LogP contribution in [0.15, 0.2) is 0 Å². The normalized spacial score (nSPS) is 4.57.